The standard InChI is InChI=1S/C27H31N5O4/c1-17-13-19(7-8-22(17)31-11-2-3-12-31)28-15-25(34)29-14-18-5-4-6-20-21(18)16-32(27(20)36)23-9-10-24(33)30-26(23)35/h4-8,13,23,28H,2-3,9-12,14-16H2,1H3,(H,29,34)(H,30,33,35)/t23-/m0/s1. The Morgan fingerprint density at radius 3 is 2.67 bits per heavy atom. The van der Waals surface area contributed by atoms with Crippen molar-refractivity contribution in [2.24, 2.45) is 0 Å². The van der Waals surface area contributed by atoms with Gasteiger partial charge in [-0.1, -0.05) is 12.1 Å². The zero-order chi connectivity index (χ0) is 25.2. The van der Waals surface area contributed by atoms with Gasteiger partial charge in [0.1, 0.15) is 6.04 Å². The lowest BCUT2D eigenvalue weighted by molar-refractivity contribution is -0.137. The summed E-state index contributed by atoms with van der Waals surface area (Å²) in [6.07, 6.45) is 2.99. The van der Waals surface area contributed by atoms with Gasteiger partial charge >= 0.3 is 0 Å². The van der Waals surface area contributed by atoms with Crippen LogP contribution in [0.25, 0.3) is 0 Å². The highest BCUT2D eigenvalue weighted by Gasteiger charge is 2.39. The molecule has 2 fully saturated rings. The number of benzene rings is 2. The number of nitrogens with one attached hydrogen (secondary N) is 3. The van der Waals surface area contributed by atoms with Crippen molar-refractivity contribution in [3.63, 3.8) is 0 Å². The normalized spacial score (nSPS) is 19.4. The number of rotatable bonds is 7. The van der Waals surface area contributed by atoms with Gasteiger partial charge in [-0.3, -0.25) is 24.5 Å². The molecule has 2 aromatic carbocycles. The maximum atomic E-state index is 13.0. The maximum absolute atomic E-state index is 13.0. The van der Waals surface area contributed by atoms with Crippen LogP contribution in [0.1, 0.15) is 52.7 Å². The molecule has 0 radical (unpaired) electrons. The van der Waals surface area contributed by atoms with Crippen LogP contribution in [0.3, 0.4) is 0 Å². The first-order chi connectivity index (χ1) is 17.4. The zero-order valence-corrected chi connectivity index (χ0v) is 20.4. The molecular formula is C27H31N5O4. The van der Waals surface area contributed by atoms with Gasteiger partial charge in [-0.2, -0.15) is 0 Å². The minimum atomic E-state index is -0.658. The number of carbonyl (C=O) groups is 4. The molecule has 0 spiro atoms. The molecule has 0 aliphatic carbocycles. The Balaban J connectivity index is 1.17. The number of piperidine rings is 1. The second-order valence-electron chi connectivity index (χ2n) is 9.67. The fraction of sp³-hybridized carbons (Fsp3) is 0.407. The SMILES string of the molecule is Cc1cc(NCC(=O)NCc2cccc3c2CN([C@H]2CCC(=O)NC2=O)C3=O)ccc1N1CCCC1. The van der Waals surface area contributed by atoms with Crippen molar-refractivity contribution in [1.82, 2.24) is 15.5 Å². The predicted molar refractivity (Wildman–Crippen MR) is 135 cm³/mol. The van der Waals surface area contributed by atoms with Crippen LogP contribution in [-0.4, -0.2) is 54.2 Å². The Morgan fingerprint density at radius 1 is 1.11 bits per heavy atom. The first-order valence-corrected chi connectivity index (χ1v) is 12.5. The van der Waals surface area contributed by atoms with E-state index in [-0.39, 0.29) is 43.8 Å². The van der Waals surface area contributed by atoms with Crippen LogP contribution in [0, 0.1) is 6.92 Å². The molecule has 9 heteroatoms. The van der Waals surface area contributed by atoms with E-state index in [9.17, 15) is 19.2 Å². The number of aryl methyl sites for hydroxylation is 1. The lowest BCUT2D eigenvalue weighted by Crippen LogP contribution is -2.52. The number of hydrogen-bond acceptors (Lipinski definition) is 6. The van der Waals surface area contributed by atoms with Crippen LogP contribution >= 0.6 is 0 Å². The van der Waals surface area contributed by atoms with E-state index in [2.05, 4.69) is 39.9 Å². The molecule has 9 nitrogen and oxygen atoms in total. The van der Waals surface area contributed by atoms with Gasteiger partial charge in [0.15, 0.2) is 0 Å². The van der Waals surface area contributed by atoms with E-state index in [1.807, 2.05) is 12.1 Å². The summed E-state index contributed by atoms with van der Waals surface area (Å²) in [5, 5.41) is 8.44. The van der Waals surface area contributed by atoms with E-state index in [1.165, 1.54) is 29.0 Å². The third-order valence-electron chi connectivity index (χ3n) is 7.25. The lowest BCUT2D eigenvalue weighted by Gasteiger charge is -2.29. The third-order valence-corrected chi connectivity index (χ3v) is 7.25. The topological polar surface area (TPSA) is 111 Å². The minimum absolute atomic E-state index is 0.138. The quantitative estimate of drug-likeness (QED) is 0.514. The van der Waals surface area contributed by atoms with Gasteiger partial charge in [0.25, 0.3) is 5.91 Å². The molecule has 188 valence electrons. The monoisotopic (exact) mass is 489 g/mol. The Labute approximate surface area is 210 Å². The first-order valence-electron chi connectivity index (χ1n) is 12.5. The van der Waals surface area contributed by atoms with Crippen LogP contribution in [-0.2, 0) is 27.5 Å². The third kappa shape index (κ3) is 4.78. The van der Waals surface area contributed by atoms with Crippen molar-refractivity contribution in [2.45, 2.75) is 51.7 Å². The van der Waals surface area contributed by atoms with E-state index in [1.54, 1.807) is 12.1 Å². The van der Waals surface area contributed by atoms with Crippen molar-refractivity contribution in [1.29, 1.82) is 0 Å². The fourth-order valence-corrected chi connectivity index (χ4v) is 5.33. The summed E-state index contributed by atoms with van der Waals surface area (Å²) in [4.78, 5) is 53.2. The van der Waals surface area contributed by atoms with Crippen molar-refractivity contribution >= 4 is 35.0 Å². The molecular weight excluding hydrogens is 458 g/mol. The van der Waals surface area contributed by atoms with E-state index >= 15 is 0 Å². The highest BCUT2D eigenvalue weighted by molar-refractivity contribution is 6.05. The summed E-state index contributed by atoms with van der Waals surface area (Å²) in [5.41, 5.74) is 5.53. The predicted octanol–water partition coefficient (Wildman–Crippen LogP) is 2.08. The van der Waals surface area contributed by atoms with Gasteiger partial charge < -0.3 is 20.4 Å². The summed E-state index contributed by atoms with van der Waals surface area (Å²) < 4.78 is 0. The Kier molecular flexibility index (Phi) is 6.63. The molecule has 4 amide bonds. The number of nitrogens with zero attached hydrogens (tertiary/aromatic N) is 2. The molecule has 0 bridgehead atoms. The fourth-order valence-electron chi connectivity index (χ4n) is 5.33. The van der Waals surface area contributed by atoms with Gasteiger partial charge in [-0.15, -0.1) is 0 Å². The van der Waals surface area contributed by atoms with Crippen LogP contribution < -0.4 is 20.9 Å². The van der Waals surface area contributed by atoms with E-state index in [0.717, 1.165) is 29.9 Å². The Hall–Kier alpha value is -3.88. The highest BCUT2D eigenvalue weighted by atomic mass is 16.2. The average Bonchev–Trinajstić information content (AvgIpc) is 3.50. The number of imide groups is 1. The zero-order valence-electron chi connectivity index (χ0n) is 20.4. The molecule has 2 aromatic rings. The number of amides is 4. The van der Waals surface area contributed by atoms with Crippen LogP contribution in [0.15, 0.2) is 36.4 Å². The summed E-state index contributed by atoms with van der Waals surface area (Å²) in [6, 6.07) is 10.9. The first kappa shape index (κ1) is 23.8. The van der Waals surface area contributed by atoms with Crippen molar-refractivity contribution < 1.29 is 19.2 Å². The van der Waals surface area contributed by atoms with Crippen LogP contribution in [0.5, 0.6) is 0 Å². The molecule has 3 N–H and O–H groups in total. The second kappa shape index (κ2) is 10.0. The number of fused-ring (bicyclic) bond motifs is 1. The molecule has 0 aromatic heterocycles. The number of hydrogen-bond donors (Lipinski definition) is 3. The summed E-state index contributed by atoms with van der Waals surface area (Å²) in [5.74, 6) is -1.12. The molecule has 0 unspecified atom stereocenters. The number of carbonyl (C=O) groups excluding carboxylic acids is 4. The minimum Gasteiger partial charge on any atom is -0.376 e. The molecule has 36 heavy (non-hydrogen) atoms. The van der Waals surface area contributed by atoms with E-state index < -0.39 is 11.9 Å². The van der Waals surface area contributed by atoms with Gasteiger partial charge in [0, 0.05) is 49.5 Å². The Morgan fingerprint density at radius 2 is 1.92 bits per heavy atom. The molecule has 5 rings (SSSR count). The molecule has 3 aliphatic heterocycles. The van der Waals surface area contributed by atoms with Gasteiger partial charge in [-0.05, 0) is 67.1 Å². The van der Waals surface area contributed by atoms with Gasteiger partial charge in [0.2, 0.25) is 17.7 Å². The summed E-state index contributed by atoms with van der Waals surface area (Å²) in [7, 11) is 0. The van der Waals surface area contributed by atoms with Gasteiger partial charge in [-0.25, -0.2) is 0 Å². The van der Waals surface area contributed by atoms with Crippen LogP contribution in [0.2, 0.25) is 0 Å². The molecule has 1 atom stereocenters. The average molecular weight is 490 g/mol. The van der Waals surface area contributed by atoms with Crippen molar-refractivity contribution in [3.05, 3.63) is 58.7 Å². The molecule has 0 saturated carbocycles. The summed E-state index contributed by atoms with van der Waals surface area (Å²) >= 11 is 0. The molecule has 3 aliphatic rings. The van der Waals surface area contributed by atoms with Gasteiger partial charge in [0.05, 0.1) is 6.54 Å². The van der Waals surface area contributed by atoms with Crippen LogP contribution in [0.4, 0.5) is 11.4 Å². The number of anilines is 2. The van der Waals surface area contributed by atoms with E-state index in [0.29, 0.717) is 12.0 Å². The molecule has 2 saturated heterocycles. The van der Waals surface area contributed by atoms with Crippen molar-refractivity contribution in [3.8, 4) is 0 Å². The Bertz CT molecular complexity index is 1220. The smallest absolute Gasteiger partial charge is 0.255 e. The second-order valence-corrected chi connectivity index (χ2v) is 9.67. The largest absolute Gasteiger partial charge is 0.376 e. The molecule has 3 heterocycles. The van der Waals surface area contributed by atoms with E-state index in [4.69, 9.17) is 0 Å². The maximum Gasteiger partial charge on any atom is 0.255 e. The van der Waals surface area contributed by atoms with Crippen molar-refractivity contribution in [2.75, 3.05) is 29.9 Å². The highest BCUT2D eigenvalue weighted by Crippen LogP contribution is 2.30. The lowest BCUT2D eigenvalue weighted by atomic mass is 10.0. The summed E-state index contributed by atoms with van der Waals surface area (Å²) in [6.45, 7) is 4.99.